The number of nitrogens with one attached hydrogen (secondary N) is 1. The molecule has 1 N–H and O–H groups in total. The van der Waals surface area contributed by atoms with E-state index in [9.17, 15) is 19.2 Å². The van der Waals surface area contributed by atoms with Gasteiger partial charge in [0.15, 0.2) is 23.0 Å². The average molecular weight is 727 g/mol. The predicted octanol–water partition coefficient (Wildman–Crippen LogP) is 6.81. The third-order valence-electron chi connectivity index (χ3n) is 7.49. The first-order chi connectivity index (χ1) is 25.7. The maximum Gasteiger partial charge on any atom is 0.330 e. The zero-order valence-electron chi connectivity index (χ0n) is 30.3. The number of esters is 2. The zero-order chi connectivity index (χ0) is 38.4. The minimum atomic E-state index is -0.449. The number of carbonyl (C=O) groups excluding carboxylic acids is 4. The summed E-state index contributed by atoms with van der Waals surface area (Å²) in [5, 5.41) is 2.81. The molecule has 3 aromatic carbocycles. The lowest BCUT2D eigenvalue weighted by atomic mass is 10.1. The van der Waals surface area contributed by atoms with Gasteiger partial charge in [0.05, 0.1) is 40.6 Å². The Hall–Kier alpha value is -6.30. The van der Waals surface area contributed by atoms with Crippen LogP contribution in [0.1, 0.15) is 36.8 Å². The number of hydrogen-bond donors (Lipinski definition) is 1. The molecular formula is C41H46N2O10. The molecule has 53 heavy (non-hydrogen) atoms. The molecule has 0 aliphatic carbocycles. The highest BCUT2D eigenvalue weighted by atomic mass is 16.5. The molecule has 0 aliphatic rings. The first-order valence-corrected chi connectivity index (χ1v) is 16.9. The highest BCUT2D eigenvalue weighted by Gasteiger charge is 2.10. The highest BCUT2D eigenvalue weighted by molar-refractivity contribution is 6.04. The van der Waals surface area contributed by atoms with Crippen LogP contribution in [0.25, 0.3) is 12.2 Å². The maximum atomic E-state index is 12.9. The standard InChI is InChI=1S/C41H46N2O10/c1-6-40(46)52-26-10-8-24-50-34-20-12-30(28-36(34)48-4)14-22-38(44)42-32-16-18-33(19-17-32)43(3)39(45)23-15-31-13-21-35(37(29-31)49-5)51-25-9-11-27-53-41(47)7-2/h6-7,12-23,28-29H,1-2,8-11,24-27H2,3-5H3,(H,42,44)/b22-14+,23-15+. The number of benzene rings is 3. The van der Waals surface area contributed by atoms with Gasteiger partial charge in [-0.1, -0.05) is 25.3 Å². The number of nitrogens with zero attached hydrogens (tertiary/aromatic N) is 1. The van der Waals surface area contributed by atoms with Gasteiger partial charge in [-0.3, -0.25) is 9.59 Å². The number of likely N-dealkylation sites (N-methyl/N-ethyl adjacent to an activating group) is 1. The third kappa shape index (κ3) is 14.5. The number of carbonyl (C=O) groups is 4. The van der Waals surface area contributed by atoms with Crippen molar-refractivity contribution >= 4 is 47.3 Å². The van der Waals surface area contributed by atoms with Gasteiger partial charge in [-0.2, -0.15) is 0 Å². The molecule has 0 heterocycles. The van der Waals surface area contributed by atoms with E-state index in [0.29, 0.717) is 86.5 Å². The number of hydrogen-bond acceptors (Lipinski definition) is 10. The number of anilines is 2. The van der Waals surface area contributed by atoms with E-state index in [1.807, 2.05) is 12.1 Å². The Bertz CT molecular complexity index is 1760. The molecule has 12 nitrogen and oxygen atoms in total. The largest absolute Gasteiger partial charge is 0.493 e. The number of unbranched alkanes of at least 4 members (excludes halogenated alkanes) is 2. The van der Waals surface area contributed by atoms with Crippen LogP contribution >= 0.6 is 0 Å². The molecule has 0 aromatic heterocycles. The fourth-order valence-corrected chi connectivity index (χ4v) is 4.58. The van der Waals surface area contributed by atoms with Crippen LogP contribution in [0.15, 0.2) is 98.1 Å². The van der Waals surface area contributed by atoms with Gasteiger partial charge in [0.25, 0.3) is 5.91 Å². The molecule has 2 amide bonds. The van der Waals surface area contributed by atoms with Crippen molar-refractivity contribution in [3.05, 3.63) is 109 Å². The van der Waals surface area contributed by atoms with Gasteiger partial charge < -0.3 is 38.6 Å². The zero-order valence-corrected chi connectivity index (χ0v) is 30.3. The topological polar surface area (TPSA) is 139 Å². The van der Waals surface area contributed by atoms with Crippen molar-refractivity contribution in [2.75, 3.05) is 57.9 Å². The van der Waals surface area contributed by atoms with E-state index in [4.69, 9.17) is 28.4 Å². The number of rotatable bonds is 22. The van der Waals surface area contributed by atoms with E-state index in [0.717, 1.165) is 23.3 Å². The molecule has 3 rings (SSSR count). The van der Waals surface area contributed by atoms with Crippen molar-refractivity contribution in [1.82, 2.24) is 0 Å². The predicted molar refractivity (Wildman–Crippen MR) is 204 cm³/mol. The second kappa shape index (κ2) is 22.5. The summed E-state index contributed by atoms with van der Waals surface area (Å²) < 4.78 is 32.4. The first kappa shape index (κ1) is 41.1. The van der Waals surface area contributed by atoms with Gasteiger partial charge in [0, 0.05) is 42.7 Å². The second-order valence-electron chi connectivity index (χ2n) is 11.3. The van der Waals surface area contributed by atoms with Crippen molar-refractivity contribution < 1.29 is 47.6 Å². The monoisotopic (exact) mass is 726 g/mol. The molecular weight excluding hydrogens is 680 g/mol. The van der Waals surface area contributed by atoms with Gasteiger partial charge in [-0.25, -0.2) is 9.59 Å². The molecule has 0 aliphatic heterocycles. The van der Waals surface area contributed by atoms with Gasteiger partial charge in [0.2, 0.25) is 5.91 Å². The molecule has 0 radical (unpaired) electrons. The van der Waals surface area contributed by atoms with Gasteiger partial charge >= 0.3 is 11.9 Å². The summed E-state index contributed by atoms with van der Waals surface area (Å²) in [6.07, 6.45) is 11.1. The smallest absolute Gasteiger partial charge is 0.330 e. The third-order valence-corrected chi connectivity index (χ3v) is 7.49. The van der Waals surface area contributed by atoms with Crippen molar-refractivity contribution in [3.63, 3.8) is 0 Å². The Morgan fingerprint density at radius 3 is 1.58 bits per heavy atom. The molecule has 0 saturated carbocycles. The first-order valence-electron chi connectivity index (χ1n) is 16.9. The Balaban J connectivity index is 1.47. The number of methoxy groups -OCH3 is 2. The lowest BCUT2D eigenvalue weighted by Crippen LogP contribution is -2.23. The summed E-state index contributed by atoms with van der Waals surface area (Å²) in [4.78, 5) is 49.3. The Labute approximate surface area is 310 Å². The summed E-state index contributed by atoms with van der Waals surface area (Å²) in [6, 6.07) is 17.6. The maximum absolute atomic E-state index is 12.9. The highest BCUT2D eigenvalue weighted by Crippen LogP contribution is 2.30. The SMILES string of the molecule is C=CC(=O)OCCCCOc1ccc(/C=C/C(=O)Nc2ccc(N(C)C(=O)/C=C/c3ccc(OCCCCOC(=O)C=C)c(OC)c3)cc2)cc1OC. The normalized spacial score (nSPS) is 10.7. The van der Waals surface area contributed by atoms with Crippen LogP contribution in [-0.2, 0) is 28.7 Å². The molecule has 0 atom stereocenters. The van der Waals surface area contributed by atoms with Crippen LogP contribution in [0.5, 0.6) is 23.0 Å². The minimum absolute atomic E-state index is 0.250. The van der Waals surface area contributed by atoms with Gasteiger partial charge in [-0.05, 0) is 97.5 Å². The van der Waals surface area contributed by atoms with Crippen molar-refractivity contribution in [1.29, 1.82) is 0 Å². The molecule has 280 valence electrons. The van der Waals surface area contributed by atoms with Gasteiger partial charge in [-0.15, -0.1) is 0 Å². The van der Waals surface area contributed by atoms with E-state index >= 15 is 0 Å². The second-order valence-corrected chi connectivity index (χ2v) is 11.3. The summed E-state index contributed by atoms with van der Waals surface area (Å²) in [5.74, 6) is 0.690. The lowest BCUT2D eigenvalue weighted by molar-refractivity contribution is -0.138. The average Bonchev–Trinajstić information content (AvgIpc) is 3.18. The lowest BCUT2D eigenvalue weighted by Gasteiger charge is -2.16. The minimum Gasteiger partial charge on any atom is -0.493 e. The summed E-state index contributed by atoms with van der Waals surface area (Å²) in [6.45, 7) is 8.15. The van der Waals surface area contributed by atoms with Crippen molar-refractivity contribution in [3.8, 4) is 23.0 Å². The Kier molecular flexibility index (Phi) is 17.5. The Morgan fingerprint density at radius 1 is 0.642 bits per heavy atom. The van der Waals surface area contributed by atoms with Crippen LogP contribution < -0.4 is 29.2 Å². The molecule has 0 spiro atoms. The van der Waals surface area contributed by atoms with Crippen molar-refractivity contribution in [2.45, 2.75) is 25.7 Å². The van der Waals surface area contributed by atoms with E-state index < -0.39 is 11.9 Å². The van der Waals surface area contributed by atoms with Gasteiger partial charge in [0.1, 0.15) is 0 Å². The van der Waals surface area contributed by atoms with Crippen LogP contribution in [0.4, 0.5) is 11.4 Å². The van der Waals surface area contributed by atoms with Crippen LogP contribution in [-0.4, -0.2) is 71.4 Å². The molecule has 0 bridgehead atoms. The molecule has 3 aromatic rings. The molecule has 0 saturated heterocycles. The van der Waals surface area contributed by atoms with E-state index in [-0.39, 0.29) is 11.8 Å². The molecule has 12 heteroatoms. The van der Waals surface area contributed by atoms with E-state index in [1.165, 1.54) is 24.2 Å². The van der Waals surface area contributed by atoms with Crippen LogP contribution in [0.3, 0.4) is 0 Å². The molecule has 0 unspecified atom stereocenters. The van der Waals surface area contributed by atoms with E-state index in [1.54, 1.807) is 74.8 Å². The molecule has 0 fully saturated rings. The van der Waals surface area contributed by atoms with E-state index in [2.05, 4.69) is 18.5 Å². The van der Waals surface area contributed by atoms with Crippen LogP contribution in [0.2, 0.25) is 0 Å². The fraction of sp³-hybridized carbons (Fsp3) is 0.268. The summed E-state index contributed by atoms with van der Waals surface area (Å²) in [5.41, 5.74) is 2.69. The summed E-state index contributed by atoms with van der Waals surface area (Å²) >= 11 is 0. The summed E-state index contributed by atoms with van der Waals surface area (Å²) in [7, 11) is 4.74. The quantitative estimate of drug-likeness (QED) is 0.0668. The number of amides is 2. The van der Waals surface area contributed by atoms with Crippen molar-refractivity contribution in [2.24, 2.45) is 0 Å². The fourth-order valence-electron chi connectivity index (χ4n) is 4.58. The number of ether oxygens (including phenoxy) is 6. The Morgan fingerprint density at radius 2 is 1.11 bits per heavy atom. The van der Waals surface area contributed by atoms with Crippen LogP contribution in [0, 0.1) is 0 Å².